The van der Waals surface area contributed by atoms with Gasteiger partial charge in [-0.25, -0.2) is 0 Å². The van der Waals surface area contributed by atoms with E-state index in [4.69, 9.17) is 0 Å². The molecule has 0 heterocycles. The third-order valence-corrected chi connectivity index (χ3v) is 8.22. The van der Waals surface area contributed by atoms with Gasteiger partial charge in [0.1, 0.15) is 0 Å². The number of unbranched alkanes of at least 4 members (excludes halogenated alkanes) is 20. The standard InChI is InChI=1S/C34H70O/c1-4-7-10-12-13-14-15-16-17-18-19-20-22-25-29-33(28-24-21-11-8-5-2)30-26-23-27-32-34(35)31-9-6-3/h33-35H,4-32H2,1-3H3. The van der Waals surface area contributed by atoms with Crippen LogP contribution in [0.15, 0.2) is 0 Å². The van der Waals surface area contributed by atoms with E-state index in [0.717, 1.165) is 18.8 Å². The van der Waals surface area contributed by atoms with Crippen LogP contribution in [0.2, 0.25) is 0 Å². The Hall–Kier alpha value is -0.0400. The molecule has 0 spiro atoms. The van der Waals surface area contributed by atoms with Gasteiger partial charge >= 0.3 is 0 Å². The van der Waals surface area contributed by atoms with E-state index in [9.17, 15) is 5.11 Å². The van der Waals surface area contributed by atoms with E-state index in [2.05, 4.69) is 20.8 Å². The maximum atomic E-state index is 10.1. The van der Waals surface area contributed by atoms with Crippen LogP contribution in [0.1, 0.15) is 207 Å². The van der Waals surface area contributed by atoms with E-state index in [1.807, 2.05) is 0 Å². The van der Waals surface area contributed by atoms with Crippen LogP contribution in [-0.2, 0) is 0 Å². The zero-order chi connectivity index (χ0) is 25.7. The molecule has 0 aromatic carbocycles. The van der Waals surface area contributed by atoms with Gasteiger partial charge in [0.05, 0.1) is 6.10 Å². The summed E-state index contributed by atoms with van der Waals surface area (Å²) < 4.78 is 0. The highest BCUT2D eigenvalue weighted by molar-refractivity contribution is 4.63. The van der Waals surface area contributed by atoms with Gasteiger partial charge in [0, 0.05) is 0 Å². The fourth-order valence-electron chi connectivity index (χ4n) is 5.67. The second-order valence-corrected chi connectivity index (χ2v) is 11.9. The van der Waals surface area contributed by atoms with E-state index >= 15 is 0 Å². The second-order valence-electron chi connectivity index (χ2n) is 11.9. The van der Waals surface area contributed by atoms with Crippen molar-refractivity contribution in [2.45, 2.75) is 213 Å². The van der Waals surface area contributed by atoms with Crippen molar-refractivity contribution in [2.75, 3.05) is 0 Å². The molecule has 0 amide bonds. The lowest BCUT2D eigenvalue weighted by Crippen LogP contribution is -2.06. The highest BCUT2D eigenvalue weighted by Gasteiger charge is 2.09. The second kappa shape index (κ2) is 30.2. The Morgan fingerprint density at radius 3 is 0.943 bits per heavy atom. The van der Waals surface area contributed by atoms with Gasteiger partial charge in [-0.15, -0.1) is 0 Å². The highest BCUT2D eigenvalue weighted by atomic mass is 16.3. The van der Waals surface area contributed by atoms with Crippen molar-refractivity contribution in [3.8, 4) is 0 Å². The molecule has 2 atom stereocenters. The summed E-state index contributed by atoms with van der Waals surface area (Å²) in [5.74, 6) is 0.971. The molecule has 0 aliphatic heterocycles. The first-order valence-corrected chi connectivity index (χ1v) is 16.9. The molecule has 1 nitrogen and oxygen atoms in total. The fourth-order valence-corrected chi connectivity index (χ4v) is 5.67. The maximum Gasteiger partial charge on any atom is 0.0540 e. The van der Waals surface area contributed by atoms with Crippen molar-refractivity contribution in [2.24, 2.45) is 5.92 Å². The largest absolute Gasteiger partial charge is 0.393 e. The average molecular weight is 495 g/mol. The summed E-state index contributed by atoms with van der Waals surface area (Å²) in [5, 5.41) is 10.1. The summed E-state index contributed by atoms with van der Waals surface area (Å²) in [4.78, 5) is 0. The maximum absolute atomic E-state index is 10.1. The highest BCUT2D eigenvalue weighted by Crippen LogP contribution is 2.25. The molecule has 2 unspecified atom stereocenters. The quantitative estimate of drug-likeness (QED) is 0.0984. The molecule has 0 rings (SSSR count). The summed E-state index contributed by atoms with van der Waals surface area (Å²) in [6.07, 6.45) is 40.3. The first-order valence-electron chi connectivity index (χ1n) is 16.9. The third-order valence-electron chi connectivity index (χ3n) is 8.22. The Labute approximate surface area is 224 Å². The third kappa shape index (κ3) is 28.4. The van der Waals surface area contributed by atoms with Crippen LogP contribution in [0.3, 0.4) is 0 Å². The van der Waals surface area contributed by atoms with Gasteiger partial charge in [-0.05, 0) is 18.8 Å². The van der Waals surface area contributed by atoms with E-state index in [0.29, 0.717) is 0 Å². The Morgan fingerprint density at radius 1 is 0.314 bits per heavy atom. The number of hydrogen-bond acceptors (Lipinski definition) is 1. The Kier molecular flexibility index (Phi) is 30.2. The van der Waals surface area contributed by atoms with Gasteiger partial charge in [-0.2, -0.15) is 0 Å². The molecule has 0 aliphatic rings. The van der Waals surface area contributed by atoms with Gasteiger partial charge in [-0.1, -0.05) is 194 Å². The summed E-state index contributed by atoms with van der Waals surface area (Å²) in [7, 11) is 0. The van der Waals surface area contributed by atoms with Gasteiger partial charge in [0.2, 0.25) is 0 Å². The minimum absolute atomic E-state index is 0.0418. The van der Waals surface area contributed by atoms with E-state index in [1.165, 1.54) is 173 Å². The smallest absolute Gasteiger partial charge is 0.0540 e. The zero-order valence-corrected chi connectivity index (χ0v) is 25.1. The lowest BCUT2D eigenvalue weighted by molar-refractivity contribution is 0.147. The molecule has 35 heavy (non-hydrogen) atoms. The molecule has 0 aromatic rings. The lowest BCUT2D eigenvalue weighted by Gasteiger charge is -2.17. The molecule has 1 N–H and O–H groups in total. The van der Waals surface area contributed by atoms with Crippen LogP contribution in [0.4, 0.5) is 0 Å². The molecule has 0 aliphatic carbocycles. The van der Waals surface area contributed by atoms with E-state index < -0.39 is 0 Å². The molecular formula is C34H70O. The zero-order valence-electron chi connectivity index (χ0n) is 25.1. The lowest BCUT2D eigenvalue weighted by atomic mass is 9.89. The number of aliphatic hydroxyl groups is 1. The van der Waals surface area contributed by atoms with Crippen molar-refractivity contribution >= 4 is 0 Å². The minimum atomic E-state index is -0.0418. The molecule has 0 saturated carbocycles. The number of rotatable bonds is 30. The van der Waals surface area contributed by atoms with Crippen LogP contribution < -0.4 is 0 Å². The van der Waals surface area contributed by atoms with E-state index in [-0.39, 0.29) is 6.10 Å². The van der Waals surface area contributed by atoms with Crippen molar-refractivity contribution in [1.29, 1.82) is 0 Å². The average Bonchev–Trinajstić information content (AvgIpc) is 2.86. The van der Waals surface area contributed by atoms with Gasteiger partial charge in [0.25, 0.3) is 0 Å². The van der Waals surface area contributed by atoms with E-state index in [1.54, 1.807) is 0 Å². The fraction of sp³-hybridized carbons (Fsp3) is 1.00. The molecule has 212 valence electrons. The molecular weight excluding hydrogens is 424 g/mol. The predicted octanol–water partition coefficient (Wildman–Crippen LogP) is 12.3. The van der Waals surface area contributed by atoms with Crippen molar-refractivity contribution < 1.29 is 5.11 Å². The number of aliphatic hydroxyl groups excluding tert-OH is 1. The van der Waals surface area contributed by atoms with Crippen molar-refractivity contribution in [1.82, 2.24) is 0 Å². The van der Waals surface area contributed by atoms with Crippen LogP contribution in [0.5, 0.6) is 0 Å². The van der Waals surface area contributed by atoms with Crippen LogP contribution in [0, 0.1) is 5.92 Å². The van der Waals surface area contributed by atoms with Crippen LogP contribution in [0.25, 0.3) is 0 Å². The summed E-state index contributed by atoms with van der Waals surface area (Å²) >= 11 is 0. The first-order chi connectivity index (χ1) is 17.2. The summed E-state index contributed by atoms with van der Waals surface area (Å²) in [6, 6.07) is 0. The first kappa shape index (κ1) is 35.0. The number of hydrogen-bond donors (Lipinski definition) is 1. The Bertz CT molecular complexity index is 366. The van der Waals surface area contributed by atoms with Crippen LogP contribution >= 0.6 is 0 Å². The SMILES string of the molecule is CCCCCCCCCCCCCCCCC(CCCCCCC)CCCCCC(O)CCCC. The Morgan fingerprint density at radius 2 is 0.571 bits per heavy atom. The summed E-state index contributed by atoms with van der Waals surface area (Å²) in [6.45, 7) is 6.84. The monoisotopic (exact) mass is 495 g/mol. The molecule has 0 radical (unpaired) electrons. The normalized spacial score (nSPS) is 13.4. The van der Waals surface area contributed by atoms with Crippen molar-refractivity contribution in [3.63, 3.8) is 0 Å². The minimum Gasteiger partial charge on any atom is -0.393 e. The predicted molar refractivity (Wildman–Crippen MR) is 160 cm³/mol. The molecule has 1 heteroatoms. The van der Waals surface area contributed by atoms with Gasteiger partial charge in [0.15, 0.2) is 0 Å². The van der Waals surface area contributed by atoms with Crippen LogP contribution in [-0.4, -0.2) is 11.2 Å². The summed E-state index contributed by atoms with van der Waals surface area (Å²) in [5.41, 5.74) is 0. The van der Waals surface area contributed by atoms with Gasteiger partial charge in [-0.3, -0.25) is 0 Å². The van der Waals surface area contributed by atoms with Crippen molar-refractivity contribution in [3.05, 3.63) is 0 Å². The molecule has 0 saturated heterocycles. The topological polar surface area (TPSA) is 20.2 Å². The Balaban J connectivity index is 3.76. The molecule has 0 bridgehead atoms. The molecule has 0 aromatic heterocycles. The molecule has 0 fully saturated rings. The van der Waals surface area contributed by atoms with Gasteiger partial charge < -0.3 is 5.11 Å².